The lowest BCUT2D eigenvalue weighted by molar-refractivity contribution is -0.134. The average Bonchev–Trinajstić information content (AvgIpc) is 3.09. The van der Waals surface area contributed by atoms with Crippen molar-refractivity contribution in [2.45, 2.75) is 6.54 Å². The smallest absolute Gasteiger partial charge is 0.333 e. The van der Waals surface area contributed by atoms with Crippen LogP contribution in [0.25, 0.3) is 17.2 Å². The lowest BCUT2D eigenvalue weighted by atomic mass is 10.2. The molecule has 9 heteroatoms. The number of ether oxygens (including phenoxy) is 2. The number of hydrogen-bond acceptors (Lipinski definition) is 6. The molecule has 0 aliphatic rings. The van der Waals surface area contributed by atoms with Crippen LogP contribution in [0.5, 0.6) is 5.75 Å². The van der Waals surface area contributed by atoms with Crippen molar-refractivity contribution in [1.29, 1.82) is 0 Å². The van der Waals surface area contributed by atoms with E-state index < -0.39 is 17.2 Å². The van der Waals surface area contributed by atoms with E-state index in [1.54, 1.807) is 20.2 Å². The quantitative estimate of drug-likeness (QED) is 0.358. The van der Waals surface area contributed by atoms with Gasteiger partial charge in [0.25, 0.3) is 5.56 Å². The first-order chi connectivity index (χ1) is 14.4. The minimum absolute atomic E-state index is 0.0256. The van der Waals surface area contributed by atoms with E-state index >= 15 is 0 Å². The summed E-state index contributed by atoms with van der Waals surface area (Å²) in [6.45, 7) is 0.0256. The number of aromatic nitrogens is 4. The van der Waals surface area contributed by atoms with Crippen LogP contribution in [0.15, 0.2) is 39.9 Å². The van der Waals surface area contributed by atoms with E-state index in [1.165, 1.54) is 35.4 Å². The van der Waals surface area contributed by atoms with E-state index in [0.717, 1.165) is 10.1 Å². The van der Waals surface area contributed by atoms with E-state index in [-0.39, 0.29) is 17.7 Å². The van der Waals surface area contributed by atoms with Gasteiger partial charge in [0, 0.05) is 25.7 Å². The molecule has 0 aliphatic carbocycles. The van der Waals surface area contributed by atoms with E-state index in [0.29, 0.717) is 11.6 Å². The molecular weight excluding hydrogens is 388 g/mol. The summed E-state index contributed by atoms with van der Waals surface area (Å²) in [4.78, 5) is 41.0. The number of fused-ring (bicyclic) bond motifs is 1. The Labute approximate surface area is 171 Å². The predicted octanol–water partition coefficient (Wildman–Crippen LogP) is 0.680. The highest BCUT2D eigenvalue weighted by atomic mass is 16.5. The zero-order valence-corrected chi connectivity index (χ0v) is 17.0. The first kappa shape index (κ1) is 20.7. The molecule has 2 heterocycles. The number of carbonyl (C=O) groups excluding carboxylic acids is 1. The lowest BCUT2D eigenvalue weighted by Gasteiger charge is -2.05. The number of aryl methyl sites for hydroxylation is 1. The fourth-order valence-electron chi connectivity index (χ4n) is 2.87. The molecule has 30 heavy (non-hydrogen) atoms. The Morgan fingerprint density at radius 3 is 2.67 bits per heavy atom. The predicted molar refractivity (Wildman–Crippen MR) is 111 cm³/mol. The van der Waals surface area contributed by atoms with E-state index in [1.807, 2.05) is 18.2 Å². The minimum Gasteiger partial charge on any atom is -0.497 e. The van der Waals surface area contributed by atoms with Gasteiger partial charge < -0.3 is 14.0 Å². The van der Waals surface area contributed by atoms with Crippen LogP contribution >= 0.6 is 0 Å². The molecular formula is C21H20N4O5. The van der Waals surface area contributed by atoms with E-state index in [4.69, 9.17) is 4.74 Å². The second-order valence-corrected chi connectivity index (χ2v) is 6.32. The first-order valence-corrected chi connectivity index (χ1v) is 8.92. The molecule has 0 amide bonds. The largest absolute Gasteiger partial charge is 0.497 e. The van der Waals surface area contributed by atoms with Gasteiger partial charge in [-0.3, -0.25) is 13.9 Å². The Morgan fingerprint density at radius 2 is 1.97 bits per heavy atom. The number of benzene rings is 1. The van der Waals surface area contributed by atoms with Gasteiger partial charge in [-0.2, -0.15) is 0 Å². The molecule has 0 N–H and O–H groups in total. The monoisotopic (exact) mass is 408 g/mol. The first-order valence-electron chi connectivity index (χ1n) is 8.92. The summed E-state index contributed by atoms with van der Waals surface area (Å²) in [5.74, 6) is 6.36. The summed E-state index contributed by atoms with van der Waals surface area (Å²) in [7, 11) is 5.86. The highest BCUT2D eigenvalue weighted by molar-refractivity contribution is 5.87. The van der Waals surface area contributed by atoms with Crippen molar-refractivity contribution in [2.24, 2.45) is 14.1 Å². The number of nitrogens with zero attached hydrogens (tertiary/aromatic N) is 4. The van der Waals surface area contributed by atoms with Crippen molar-refractivity contribution in [3.8, 4) is 17.6 Å². The molecule has 3 aromatic rings. The fourth-order valence-corrected chi connectivity index (χ4v) is 2.87. The van der Waals surface area contributed by atoms with Crippen LogP contribution in [0.1, 0.15) is 11.4 Å². The van der Waals surface area contributed by atoms with E-state index in [9.17, 15) is 14.4 Å². The van der Waals surface area contributed by atoms with Gasteiger partial charge in [0.15, 0.2) is 11.2 Å². The third-order valence-corrected chi connectivity index (χ3v) is 4.50. The van der Waals surface area contributed by atoms with Gasteiger partial charge >= 0.3 is 11.7 Å². The SMILES string of the molecule is COC(=O)/C=C/c1nc2c(c(=O)n(C)c(=O)n2CC#Cc2cccc(OC)c2)n1C. The molecule has 0 radical (unpaired) electrons. The molecule has 0 aliphatic heterocycles. The second kappa shape index (κ2) is 8.53. The zero-order valence-electron chi connectivity index (χ0n) is 17.0. The van der Waals surface area contributed by atoms with Crippen LogP contribution in [-0.4, -0.2) is 38.9 Å². The molecule has 2 aromatic heterocycles. The average molecular weight is 408 g/mol. The Hall–Kier alpha value is -4.06. The molecule has 154 valence electrons. The Balaban J connectivity index is 2.09. The molecule has 0 fully saturated rings. The molecule has 0 atom stereocenters. The number of carbonyl (C=O) groups is 1. The Kier molecular flexibility index (Phi) is 5.88. The molecule has 0 unspecified atom stereocenters. The lowest BCUT2D eigenvalue weighted by Crippen LogP contribution is -2.38. The highest BCUT2D eigenvalue weighted by Gasteiger charge is 2.17. The summed E-state index contributed by atoms with van der Waals surface area (Å²) in [6, 6.07) is 7.23. The maximum absolute atomic E-state index is 12.7. The van der Waals surface area contributed by atoms with Crippen LogP contribution in [-0.2, 0) is 30.2 Å². The summed E-state index contributed by atoms with van der Waals surface area (Å²) >= 11 is 0. The van der Waals surface area contributed by atoms with Crippen molar-refractivity contribution in [3.63, 3.8) is 0 Å². The molecule has 9 nitrogen and oxygen atoms in total. The van der Waals surface area contributed by atoms with Gasteiger partial charge in [-0.05, 0) is 24.3 Å². The maximum Gasteiger partial charge on any atom is 0.333 e. The third-order valence-electron chi connectivity index (χ3n) is 4.50. The number of esters is 1. The number of hydrogen-bond donors (Lipinski definition) is 0. The number of methoxy groups -OCH3 is 2. The van der Waals surface area contributed by atoms with Crippen LogP contribution < -0.4 is 16.0 Å². The summed E-state index contributed by atoms with van der Waals surface area (Å²) in [5, 5.41) is 0. The van der Waals surface area contributed by atoms with Crippen LogP contribution in [0.4, 0.5) is 0 Å². The molecule has 1 aromatic carbocycles. The molecule has 0 spiro atoms. The topological polar surface area (TPSA) is 97.3 Å². The van der Waals surface area contributed by atoms with Gasteiger partial charge in [0.05, 0.1) is 20.8 Å². The Bertz CT molecular complexity index is 1330. The Morgan fingerprint density at radius 1 is 1.20 bits per heavy atom. The zero-order chi connectivity index (χ0) is 21.8. The summed E-state index contributed by atoms with van der Waals surface area (Å²) < 4.78 is 13.6. The van der Waals surface area contributed by atoms with Gasteiger partial charge in [-0.15, -0.1) is 0 Å². The standard InChI is InChI=1S/C21H20N4O5/c1-23-16(10-11-17(26)30-4)22-19-18(23)20(27)24(2)21(28)25(19)12-6-8-14-7-5-9-15(13-14)29-3/h5,7,9-11,13H,12H2,1-4H3/b11-10+. The van der Waals surface area contributed by atoms with Gasteiger partial charge in [0.2, 0.25) is 0 Å². The molecule has 0 saturated carbocycles. The van der Waals surface area contributed by atoms with Gasteiger partial charge in [-0.1, -0.05) is 17.9 Å². The molecule has 3 rings (SSSR count). The fraction of sp³-hybridized carbons (Fsp3) is 0.238. The number of rotatable bonds is 4. The van der Waals surface area contributed by atoms with Crippen molar-refractivity contribution in [1.82, 2.24) is 18.7 Å². The van der Waals surface area contributed by atoms with Crippen molar-refractivity contribution in [2.75, 3.05) is 14.2 Å². The summed E-state index contributed by atoms with van der Waals surface area (Å²) in [6.07, 6.45) is 2.61. The molecule has 0 bridgehead atoms. The second-order valence-electron chi connectivity index (χ2n) is 6.32. The minimum atomic E-state index is -0.559. The van der Waals surface area contributed by atoms with Crippen LogP contribution in [0, 0.1) is 11.8 Å². The van der Waals surface area contributed by atoms with Crippen molar-refractivity contribution in [3.05, 3.63) is 62.6 Å². The normalized spacial score (nSPS) is 10.8. The van der Waals surface area contributed by atoms with Gasteiger partial charge in [0.1, 0.15) is 11.6 Å². The van der Waals surface area contributed by atoms with Crippen LogP contribution in [0.3, 0.4) is 0 Å². The van der Waals surface area contributed by atoms with Gasteiger partial charge in [-0.25, -0.2) is 14.6 Å². The maximum atomic E-state index is 12.7. The van der Waals surface area contributed by atoms with Crippen molar-refractivity contribution < 1.29 is 14.3 Å². The highest BCUT2D eigenvalue weighted by Crippen LogP contribution is 2.12. The molecule has 0 saturated heterocycles. The number of imidazole rings is 1. The van der Waals surface area contributed by atoms with E-state index in [2.05, 4.69) is 21.6 Å². The third kappa shape index (κ3) is 3.89. The van der Waals surface area contributed by atoms with Crippen LogP contribution in [0.2, 0.25) is 0 Å². The summed E-state index contributed by atoms with van der Waals surface area (Å²) in [5.41, 5.74) is 0.125. The van der Waals surface area contributed by atoms with Crippen molar-refractivity contribution >= 4 is 23.2 Å².